The van der Waals surface area contributed by atoms with E-state index in [2.05, 4.69) is 56.4 Å². The molecule has 0 fully saturated rings. The number of carbonyl (C=O) groups excluding carboxylic acids is 1. The van der Waals surface area contributed by atoms with Crippen molar-refractivity contribution in [3.05, 3.63) is 64.2 Å². The minimum atomic E-state index is -0.470. The average molecular weight is 380 g/mol. The monoisotopic (exact) mass is 379 g/mol. The van der Waals surface area contributed by atoms with Crippen LogP contribution in [0.5, 0.6) is 5.75 Å². The quantitative estimate of drug-likeness (QED) is 0.679. The molecule has 150 valence electrons. The summed E-state index contributed by atoms with van der Waals surface area (Å²) in [6.45, 7) is 8.32. The predicted octanol–water partition coefficient (Wildman–Crippen LogP) is 5.61. The van der Waals surface area contributed by atoms with Gasteiger partial charge in [0.2, 0.25) is 0 Å². The lowest BCUT2D eigenvalue weighted by Crippen LogP contribution is -2.40. The summed E-state index contributed by atoms with van der Waals surface area (Å²) in [4.78, 5) is 12.9. The largest absolute Gasteiger partial charge is 0.481 e. The highest BCUT2D eigenvalue weighted by molar-refractivity contribution is 5.81. The van der Waals surface area contributed by atoms with Gasteiger partial charge in [-0.1, -0.05) is 38.1 Å². The fourth-order valence-electron chi connectivity index (χ4n) is 3.94. The Morgan fingerprint density at radius 2 is 1.71 bits per heavy atom. The topological polar surface area (TPSA) is 38.3 Å². The van der Waals surface area contributed by atoms with Crippen molar-refractivity contribution in [1.29, 1.82) is 0 Å². The third-order valence-corrected chi connectivity index (χ3v) is 5.92. The van der Waals surface area contributed by atoms with Gasteiger partial charge < -0.3 is 10.1 Å². The highest BCUT2D eigenvalue weighted by Gasteiger charge is 2.22. The number of nitrogens with one attached hydrogen (secondary N) is 1. The molecule has 2 aromatic carbocycles. The van der Waals surface area contributed by atoms with Crippen LogP contribution in [-0.4, -0.2) is 12.0 Å². The standard InChI is InChI=1S/C25H33NO2/c1-5-23(21-12-11-17(3)18(4)15-21)26-25(27)24(6-2)28-22-14-13-19-9-7-8-10-20(19)16-22/h11-16,23-24H,5-10H2,1-4H3,(H,26,27)/t23-,24+/m0/s1. The molecule has 3 rings (SSSR count). The van der Waals surface area contributed by atoms with Gasteiger partial charge in [0, 0.05) is 0 Å². The SMILES string of the molecule is CC[C@H](NC(=O)[C@@H](CC)Oc1ccc2c(c1)CCCC2)c1ccc(C)c(C)c1. The second-order valence-corrected chi connectivity index (χ2v) is 7.97. The van der Waals surface area contributed by atoms with Gasteiger partial charge in [0.25, 0.3) is 5.91 Å². The molecule has 0 unspecified atom stereocenters. The summed E-state index contributed by atoms with van der Waals surface area (Å²) in [6.07, 6.45) is 5.80. The van der Waals surface area contributed by atoms with Crippen LogP contribution in [0, 0.1) is 13.8 Å². The minimum Gasteiger partial charge on any atom is -0.481 e. The van der Waals surface area contributed by atoms with Gasteiger partial charge in [-0.3, -0.25) is 4.79 Å². The van der Waals surface area contributed by atoms with Crippen LogP contribution in [0.4, 0.5) is 0 Å². The molecule has 0 saturated carbocycles. The van der Waals surface area contributed by atoms with E-state index in [1.807, 2.05) is 13.0 Å². The zero-order chi connectivity index (χ0) is 20.1. The highest BCUT2D eigenvalue weighted by Crippen LogP contribution is 2.26. The van der Waals surface area contributed by atoms with Gasteiger partial charge in [-0.2, -0.15) is 0 Å². The van der Waals surface area contributed by atoms with Crippen molar-refractivity contribution in [2.75, 3.05) is 0 Å². The Morgan fingerprint density at radius 3 is 2.39 bits per heavy atom. The van der Waals surface area contributed by atoms with Crippen LogP contribution >= 0.6 is 0 Å². The number of rotatable bonds is 7. The molecular formula is C25H33NO2. The highest BCUT2D eigenvalue weighted by atomic mass is 16.5. The first-order valence-electron chi connectivity index (χ1n) is 10.7. The molecule has 0 radical (unpaired) electrons. The molecule has 1 aliphatic carbocycles. The molecule has 0 saturated heterocycles. The van der Waals surface area contributed by atoms with Crippen LogP contribution < -0.4 is 10.1 Å². The van der Waals surface area contributed by atoms with Crippen LogP contribution in [0.1, 0.15) is 73.4 Å². The number of aryl methyl sites for hydroxylation is 4. The number of ether oxygens (including phenoxy) is 1. The molecule has 1 amide bonds. The number of carbonyl (C=O) groups is 1. The number of hydrogen-bond acceptors (Lipinski definition) is 2. The normalized spacial score (nSPS) is 15.4. The Balaban J connectivity index is 1.69. The van der Waals surface area contributed by atoms with Crippen molar-refractivity contribution in [2.45, 2.75) is 78.4 Å². The van der Waals surface area contributed by atoms with E-state index in [1.165, 1.54) is 35.1 Å². The summed E-state index contributed by atoms with van der Waals surface area (Å²) >= 11 is 0. The summed E-state index contributed by atoms with van der Waals surface area (Å²) in [5.74, 6) is 0.771. The molecule has 3 nitrogen and oxygen atoms in total. The van der Waals surface area contributed by atoms with E-state index in [1.54, 1.807) is 0 Å². The van der Waals surface area contributed by atoms with Crippen LogP contribution in [0.25, 0.3) is 0 Å². The zero-order valence-electron chi connectivity index (χ0n) is 17.7. The van der Waals surface area contributed by atoms with Crippen molar-refractivity contribution in [3.8, 4) is 5.75 Å². The van der Waals surface area contributed by atoms with E-state index in [9.17, 15) is 4.79 Å². The molecule has 0 aromatic heterocycles. The number of hydrogen-bond donors (Lipinski definition) is 1. The van der Waals surface area contributed by atoms with Gasteiger partial charge in [0.05, 0.1) is 6.04 Å². The van der Waals surface area contributed by atoms with Gasteiger partial charge in [0.15, 0.2) is 6.10 Å². The molecule has 3 heteroatoms. The summed E-state index contributed by atoms with van der Waals surface area (Å²) in [5, 5.41) is 3.20. The average Bonchev–Trinajstić information content (AvgIpc) is 2.72. The summed E-state index contributed by atoms with van der Waals surface area (Å²) in [6, 6.07) is 12.7. The molecule has 1 N–H and O–H groups in total. The Morgan fingerprint density at radius 1 is 0.964 bits per heavy atom. The molecule has 0 heterocycles. The van der Waals surface area contributed by atoms with Gasteiger partial charge >= 0.3 is 0 Å². The van der Waals surface area contributed by atoms with E-state index in [-0.39, 0.29) is 11.9 Å². The molecule has 2 atom stereocenters. The molecule has 2 aromatic rings. The Labute approximate surface area is 169 Å². The van der Waals surface area contributed by atoms with Crippen LogP contribution in [-0.2, 0) is 17.6 Å². The second-order valence-electron chi connectivity index (χ2n) is 7.97. The molecule has 0 spiro atoms. The lowest BCUT2D eigenvalue weighted by molar-refractivity contribution is -0.128. The van der Waals surface area contributed by atoms with Crippen molar-refractivity contribution in [1.82, 2.24) is 5.32 Å². The van der Waals surface area contributed by atoms with Crippen LogP contribution in [0.3, 0.4) is 0 Å². The van der Waals surface area contributed by atoms with Crippen LogP contribution in [0.2, 0.25) is 0 Å². The maximum atomic E-state index is 12.9. The van der Waals surface area contributed by atoms with E-state index in [0.717, 1.165) is 30.6 Å². The third kappa shape index (κ3) is 4.76. The van der Waals surface area contributed by atoms with Crippen molar-refractivity contribution in [3.63, 3.8) is 0 Å². The van der Waals surface area contributed by atoms with Gasteiger partial charge in [-0.25, -0.2) is 0 Å². The van der Waals surface area contributed by atoms with Crippen molar-refractivity contribution < 1.29 is 9.53 Å². The fourth-order valence-corrected chi connectivity index (χ4v) is 3.94. The van der Waals surface area contributed by atoms with Gasteiger partial charge in [0.1, 0.15) is 5.75 Å². The maximum Gasteiger partial charge on any atom is 0.261 e. The first kappa shape index (κ1) is 20.4. The lowest BCUT2D eigenvalue weighted by atomic mass is 9.92. The maximum absolute atomic E-state index is 12.9. The first-order chi connectivity index (χ1) is 13.5. The van der Waals surface area contributed by atoms with Crippen molar-refractivity contribution in [2.24, 2.45) is 0 Å². The smallest absolute Gasteiger partial charge is 0.261 e. The van der Waals surface area contributed by atoms with E-state index in [4.69, 9.17) is 4.74 Å². The summed E-state index contributed by atoms with van der Waals surface area (Å²) in [5.41, 5.74) is 6.48. The third-order valence-electron chi connectivity index (χ3n) is 5.92. The molecule has 0 aliphatic heterocycles. The van der Waals surface area contributed by atoms with Gasteiger partial charge in [-0.15, -0.1) is 0 Å². The number of fused-ring (bicyclic) bond motifs is 1. The predicted molar refractivity (Wildman–Crippen MR) is 115 cm³/mol. The molecule has 0 bridgehead atoms. The Bertz CT molecular complexity index is 827. The van der Waals surface area contributed by atoms with Gasteiger partial charge in [-0.05, 0) is 92.3 Å². The lowest BCUT2D eigenvalue weighted by Gasteiger charge is -2.24. The van der Waals surface area contributed by atoms with E-state index >= 15 is 0 Å². The molecule has 28 heavy (non-hydrogen) atoms. The van der Waals surface area contributed by atoms with E-state index < -0.39 is 6.10 Å². The Kier molecular flexibility index (Phi) is 6.77. The fraction of sp³-hybridized carbons (Fsp3) is 0.480. The number of benzene rings is 2. The minimum absolute atomic E-state index is 0.00739. The second kappa shape index (κ2) is 9.27. The van der Waals surface area contributed by atoms with E-state index in [0.29, 0.717) is 6.42 Å². The summed E-state index contributed by atoms with van der Waals surface area (Å²) < 4.78 is 6.10. The number of amides is 1. The molecular weight excluding hydrogens is 346 g/mol. The van der Waals surface area contributed by atoms with Crippen molar-refractivity contribution >= 4 is 5.91 Å². The Hall–Kier alpha value is -2.29. The molecule has 1 aliphatic rings. The zero-order valence-corrected chi connectivity index (χ0v) is 17.7. The summed E-state index contributed by atoms with van der Waals surface area (Å²) in [7, 11) is 0. The van der Waals surface area contributed by atoms with Crippen LogP contribution in [0.15, 0.2) is 36.4 Å². The first-order valence-corrected chi connectivity index (χ1v) is 10.7.